The monoisotopic (exact) mass is 831 g/mol. The summed E-state index contributed by atoms with van der Waals surface area (Å²) >= 11 is 0. The van der Waals surface area contributed by atoms with Crippen molar-refractivity contribution in [2.75, 3.05) is 0 Å². The number of Topliss-reactive ketones (excluding diaryl/α,β-unsaturated/α-hetero) is 1. The number of nitrogens with one attached hydrogen (secondary N) is 2. The van der Waals surface area contributed by atoms with Gasteiger partial charge in [-0.05, 0) is 101 Å². The highest BCUT2D eigenvalue weighted by Crippen LogP contribution is 2.32. The molecule has 0 radical (unpaired) electrons. The van der Waals surface area contributed by atoms with Crippen LogP contribution in [0.3, 0.4) is 0 Å². The predicted octanol–water partition coefficient (Wildman–Crippen LogP) is 8.62. The molecule has 0 bridgehead atoms. The largest absolute Gasteiger partial charge is 0.478 e. The highest BCUT2D eigenvalue weighted by molar-refractivity contribution is 6.09. The number of H-pyrrole nitrogens is 2. The van der Waals surface area contributed by atoms with Crippen LogP contribution in [0, 0.1) is 41.5 Å². The third-order valence-electron chi connectivity index (χ3n) is 11.3. The van der Waals surface area contributed by atoms with E-state index in [1.165, 1.54) is 5.56 Å². The number of aromatic carboxylic acids is 1. The van der Waals surface area contributed by atoms with Crippen molar-refractivity contribution in [1.29, 1.82) is 0 Å². The Bertz CT molecular complexity index is 3000. The van der Waals surface area contributed by atoms with Crippen molar-refractivity contribution >= 4 is 33.6 Å². The number of ketones is 1. The minimum absolute atomic E-state index is 0.0482. The molecular weight excluding hydrogens is 779 g/mol. The molecule has 62 heavy (non-hydrogen) atoms. The first kappa shape index (κ1) is 44.4. The number of carbonyl (C=O) groups excluding carboxylic acids is 1. The number of aromatic nitrogens is 6. The van der Waals surface area contributed by atoms with Gasteiger partial charge in [-0.1, -0.05) is 60.7 Å². The zero-order chi connectivity index (χ0) is 44.7. The van der Waals surface area contributed by atoms with Gasteiger partial charge in [0, 0.05) is 82.1 Å². The van der Waals surface area contributed by atoms with Crippen LogP contribution in [0.2, 0.25) is 0 Å². The molecule has 1 atom stereocenters. The highest BCUT2D eigenvalue weighted by atomic mass is 16.4. The summed E-state index contributed by atoms with van der Waals surface area (Å²) in [5.41, 5.74) is 17.0. The minimum atomic E-state index is -0.898. The Morgan fingerprint density at radius 2 is 1.24 bits per heavy atom. The summed E-state index contributed by atoms with van der Waals surface area (Å²) in [6.45, 7) is 14.5. The topological polar surface area (TPSA) is 182 Å². The second kappa shape index (κ2) is 19.5. The van der Waals surface area contributed by atoms with Crippen LogP contribution < -0.4 is 16.9 Å². The molecule has 8 rings (SSSR count). The fourth-order valence-corrected chi connectivity index (χ4v) is 8.27. The first-order valence-electron chi connectivity index (χ1n) is 20.5. The zero-order valence-corrected chi connectivity index (χ0v) is 36.2. The van der Waals surface area contributed by atoms with Gasteiger partial charge in [-0.2, -0.15) is 0 Å². The van der Waals surface area contributed by atoms with Crippen LogP contribution in [-0.2, 0) is 19.5 Å². The summed E-state index contributed by atoms with van der Waals surface area (Å²) in [6.07, 6.45) is 7.61. The average Bonchev–Trinajstić information content (AvgIpc) is 3.70. The van der Waals surface area contributed by atoms with Gasteiger partial charge in [0.25, 0.3) is 11.1 Å². The fraction of sp³-hybridized carbons (Fsp3) is 0.240. The van der Waals surface area contributed by atoms with Gasteiger partial charge in [0.2, 0.25) is 0 Å². The molecule has 0 saturated heterocycles. The van der Waals surface area contributed by atoms with Crippen LogP contribution in [0.4, 0.5) is 0 Å². The Kier molecular flexibility index (Phi) is 13.9. The number of carboxylic acid groups (broad SMARTS) is 1. The van der Waals surface area contributed by atoms with Crippen molar-refractivity contribution in [2.45, 2.75) is 80.4 Å². The van der Waals surface area contributed by atoms with Crippen molar-refractivity contribution in [3.63, 3.8) is 0 Å². The molecule has 0 spiro atoms. The summed E-state index contributed by atoms with van der Waals surface area (Å²) in [6, 6.07) is 27.8. The second-order valence-corrected chi connectivity index (χ2v) is 15.6. The van der Waals surface area contributed by atoms with Crippen LogP contribution in [0.1, 0.15) is 96.3 Å². The van der Waals surface area contributed by atoms with Crippen molar-refractivity contribution in [3.05, 3.63) is 198 Å². The summed E-state index contributed by atoms with van der Waals surface area (Å²) in [5.74, 6) is -0.849. The summed E-state index contributed by atoms with van der Waals surface area (Å²) in [4.78, 5) is 62.3. The number of hydrogen-bond donors (Lipinski definition) is 4. The lowest BCUT2D eigenvalue weighted by Gasteiger charge is -2.18. The van der Waals surface area contributed by atoms with E-state index in [4.69, 9.17) is 5.73 Å². The van der Waals surface area contributed by atoms with Gasteiger partial charge in [0.05, 0.1) is 35.0 Å². The molecule has 318 valence electrons. The number of aromatic amines is 2. The first-order chi connectivity index (χ1) is 29.7. The van der Waals surface area contributed by atoms with Crippen LogP contribution in [-0.4, -0.2) is 45.9 Å². The lowest BCUT2D eigenvalue weighted by atomic mass is 9.99. The molecule has 0 aliphatic rings. The molecular formula is C50H53N7O5. The Morgan fingerprint density at radius 1 is 0.710 bits per heavy atom. The van der Waals surface area contributed by atoms with E-state index in [-0.39, 0.29) is 29.4 Å². The Morgan fingerprint density at radius 3 is 1.79 bits per heavy atom. The zero-order valence-electron chi connectivity index (χ0n) is 36.2. The molecule has 12 heteroatoms. The number of aryl methyl sites for hydroxylation is 4. The second-order valence-electron chi connectivity index (χ2n) is 15.6. The third kappa shape index (κ3) is 9.56. The van der Waals surface area contributed by atoms with E-state index in [1.54, 1.807) is 24.7 Å². The van der Waals surface area contributed by atoms with Gasteiger partial charge in [0.1, 0.15) is 0 Å². The highest BCUT2D eigenvalue weighted by Gasteiger charge is 2.24. The van der Waals surface area contributed by atoms with Crippen molar-refractivity contribution in [1.82, 2.24) is 29.1 Å². The number of benzene rings is 2. The van der Waals surface area contributed by atoms with Gasteiger partial charge in [-0.15, -0.1) is 0 Å². The number of rotatable bonds is 10. The standard InChI is InChI=1S/C26H27N3O2.C16H14N2O2.C8H12N2O/c1-16-14-17(2)28-26(31)21(16)10-11-24(30)25-19(4)29(23-15-27-13-12-22(23)25)18(3)20-8-6-5-7-9-20;1-11-15(16(19)20)13-7-8-17-9-14(13)18(11)10-12-5-3-2-4-6-12;1-5-3-6(2)10-8(11)7(5)4-9/h5-9,12-15,18H,10-11H2,1-4H3,(H,28,31);2-9H,10H2,1H3,(H,19,20);3H,4,9H2,1-2H3,(H,10,11). The summed E-state index contributed by atoms with van der Waals surface area (Å²) in [7, 11) is 0. The van der Waals surface area contributed by atoms with E-state index in [9.17, 15) is 24.3 Å². The number of carboxylic acids is 1. The van der Waals surface area contributed by atoms with Crippen LogP contribution in [0.25, 0.3) is 21.8 Å². The van der Waals surface area contributed by atoms with E-state index in [0.717, 1.165) is 66.8 Å². The number of hydrogen-bond acceptors (Lipinski definition) is 7. The van der Waals surface area contributed by atoms with Gasteiger partial charge >= 0.3 is 5.97 Å². The quantitative estimate of drug-likeness (QED) is 0.0989. The molecule has 2 aromatic carbocycles. The van der Waals surface area contributed by atoms with E-state index in [0.29, 0.717) is 36.2 Å². The van der Waals surface area contributed by atoms with Gasteiger partial charge in [0.15, 0.2) is 5.78 Å². The molecule has 5 N–H and O–H groups in total. The van der Waals surface area contributed by atoms with Crippen LogP contribution in [0.5, 0.6) is 0 Å². The maximum absolute atomic E-state index is 13.4. The predicted molar refractivity (Wildman–Crippen MR) is 245 cm³/mol. The molecule has 12 nitrogen and oxygen atoms in total. The SMILES string of the molecule is Cc1c(C(=O)O)c2ccncc2n1Cc1ccccc1.Cc1cc(C)c(CCC(=O)c2c(C)n(C(C)c3ccccc3)c3cnccc23)c(=O)[nH]1.Cc1cc(C)c(CN)c(=O)[nH]1. The average molecular weight is 832 g/mol. The van der Waals surface area contributed by atoms with Gasteiger partial charge in [-0.25, -0.2) is 4.79 Å². The van der Waals surface area contributed by atoms with E-state index < -0.39 is 5.97 Å². The molecule has 6 aromatic heterocycles. The molecule has 0 aliphatic carbocycles. The lowest BCUT2D eigenvalue weighted by molar-refractivity contribution is 0.0697. The molecule has 0 fully saturated rings. The Balaban J connectivity index is 0.000000176. The van der Waals surface area contributed by atoms with Gasteiger partial charge in [-0.3, -0.25) is 24.4 Å². The molecule has 0 amide bonds. The smallest absolute Gasteiger partial charge is 0.338 e. The van der Waals surface area contributed by atoms with Crippen molar-refractivity contribution in [3.8, 4) is 0 Å². The van der Waals surface area contributed by atoms with E-state index >= 15 is 0 Å². The summed E-state index contributed by atoms with van der Waals surface area (Å²) < 4.78 is 4.19. The van der Waals surface area contributed by atoms with Crippen LogP contribution in [0.15, 0.2) is 119 Å². The third-order valence-corrected chi connectivity index (χ3v) is 11.3. The van der Waals surface area contributed by atoms with Crippen molar-refractivity contribution in [2.24, 2.45) is 5.73 Å². The number of pyridine rings is 4. The normalized spacial score (nSPS) is 11.4. The summed E-state index contributed by atoms with van der Waals surface area (Å²) in [5, 5.41) is 11.1. The maximum atomic E-state index is 13.4. The fourth-order valence-electron chi connectivity index (χ4n) is 8.27. The molecule has 0 aliphatic heterocycles. The number of nitrogens with zero attached hydrogens (tertiary/aromatic N) is 4. The van der Waals surface area contributed by atoms with Crippen molar-refractivity contribution < 1.29 is 14.7 Å². The van der Waals surface area contributed by atoms with Gasteiger partial charge < -0.3 is 29.9 Å². The number of nitrogens with two attached hydrogens (primary N) is 1. The number of carbonyl (C=O) groups is 2. The Labute approximate surface area is 360 Å². The van der Waals surface area contributed by atoms with Crippen LogP contribution >= 0.6 is 0 Å². The van der Waals surface area contributed by atoms with E-state index in [2.05, 4.69) is 43.6 Å². The first-order valence-corrected chi connectivity index (χ1v) is 20.5. The lowest BCUT2D eigenvalue weighted by Crippen LogP contribution is -2.18. The molecule has 0 saturated carbocycles. The molecule has 1 unspecified atom stereocenters. The molecule has 8 aromatic rings. The molecule has 6 heterocycles. The Hall–Kier alpha value is -7.18. The van der Waals surface area contributed by atoms with E-state index in [1.807, 2.05) is 119 Å². The maximum Gasteiger partial charge on any atom is 0.338 e. The number of fused-ring (bicyclic) bond motifs is 2. The minimum Gasteiger partial charge on any atom is -0.478 e.